The largest absolute Gasteiger partial charge is 0.495 e. The average Bonchev–Trinajstić information content (AvgIpc) is 2.74. The summed E-state index contributed by atoms with van der Waals surface area (Å²) in [5.41, 5.74) is 0.138. The highest BCUT2D eigenvalue weighted by Gasteiger charge is 2.35. The van der Waals surface area contributed by atoms with Gasteiger partial charge in [0.25, 0.3) is 5.69 Å². The van der Waals surface area contributed by atoms with Gasteiger partial charge in [0.05, 0.1) is 18.0 Å². The van der Waals surface area contributed by atoms with Gasteiger partial charge in [0.2, 0.25) is 15.9 Å². The first kappa shape index (κ1) is 22.0. The Balaban J connectivity index is 1.78. The van der Waals surface area contributed by atoms with E-state index in [2.05, 4.69) is 5.32 Å². The Morgan fingerprint density at radius 2 is 2.07 bits per heavy atom. The number of anilines is 1. The number of non-ortho nitro benzene ring substituents is 1. The van der Waals surface area contributed by atoms with Gasteiger partial charge in [-0.15, -0.1) is 0 Å². The van der Waals surface area contributed by atoms with Crippen LogP contribution in [-0.4, -0.2) is 43.8 Å². The minimum atomic E-state index is -3.93. The molecule has 0 spiro atoms. The van der Waals surface area contributed by atoms with E-state index in [1.807, 2.05) is 0 Å². The Morgan fingerprint density at radius 1 is 1.30 bits per heavy atom. The monoisotopic (exact) mass is 453 g/mol. The summed E-state index contributed by atoms with van der Waals surface area (Å²) in [6, 6.07) is 9.92. The van der Waals surface area contributed by atoms with Gasteiger partial charge < -0.3 is 10.1 Å². The molecule has 1 N–H and O–H groups in total. The summed E-state index contributed by atoms with van der Waals surface area (Å²) in [4.78, 5) is 23.0. The van der Waals surface area contributed by atoms with Gasteiger partial charge in [0.15, 0.2) is 0 Å². The Bertz CT molecular complexity index is 1080. The molecule has 9 nitrogen and oxygen atoms in total. The maximum atomic E-state index is 13.1. The minimum Gasteiger partial charge on any atom is -0.495 e. The number of ether oxygens (including phenoxy) is 1. The molecule has 1 saturated heterocycles. The van der Waals surface area contributed by atoms with Crippen molar-refractivity contribution in [1.29, 1.82) is 0 Å². The number of piperidine rings is 1. The van der Waals surface area contributed by atoms with Crippen LogP contribution in [0.5, 0.6) is 5.75 Å². The van der Waals surface area contributed by atoms with Crippen molar-refractivity contribution < 1.29 is 22.9 Å². The number of amides is 1. The molecule has 1 aliphatic heterocycles. The SMILES string of the molecule is COc1ccc(Cl)cc1S(=O)(=O)N1CCC[C@H](C(=O)Nc2cccc([N+](=O)[O-])c2)C1. The Morgan fingerprint density at radius 3 is 2.77 bits per heavy atom. The number of carbonyl (C=O) groups is 1. The molecule has 0 radical (unpaired) electrons. The molecule has 1 heterocycles. The van der Waals surface area contributed by atoms with Gasteiger partial charge in [-0.2, -0.15) is 4.31 Å². The second-order valence-electron chi connectivity index (χ2n) is 6.79. The van der Waals surface area contributed by atoms with Crippen molar-refractivity contribution >= 4 is 38.9 Å². The lowest BCUT2D eigenvalue weighted by Crippen LogP contribution is -2.43. The first-order valence-electron chi connectivity index (χ1n) is 9.11. The van der Waals surface area contributed by atoms with Crippen LogP contribution in [0.1, 0.15) is 12.8 Å². The minimum absolute atomic E-state index is 0.0151. The number of methoxy groups -OCH3 is 1. The van der Waals surface area contributed by atoms with E-state index in [1.165, 1.54) is 47.8 Å². The second kappa shape index (κ2) is 8.99. The normalized spacial score (nSPS) is 17.3. The Kier molecular flexibility index (Phi) is 6.59. The van der Waals surface area contributed by atoms with Crippen LogP contribution in [0, 0.1) is 16.0 Å². The number of sulfonamides is 1. The summed E-state index contributed by atoms with van der Waals surface area (Å²) in [6.45, 7) is 0.247. The van der Waals surface area contributed by atoms with Crippen LogP contribution in [0.4, 0.5) is 11.4 Å². The van der Waals surface area contributed by atoms with Gasteiger partial charge in [0.1, 0.15) is 10.6 Å². The quantitative estimate of drug-likeness (QED) is 0.529. The molecule has 0 aromatic heterocycles. The summed E-state index contributed by atoms with van der Waals surface area (Å²) in [5, 5.41) is 13.8. The Hall–Kier alpha value is -2.69. The summed E-state index contributed by atoms with van der Waals surface area (Å²) in [7, 11) is -2.56. The van der Waals surface area contributed by atoms with Crippen molar-refractivity contribution in [3.63, 3.8) is 0 Å². The maximum absolute atomic E-state index is 13.1. The smallest absolute Gasteiger partial charge is 0.271 e. The molecule has 1 atom stereocenters. The van der Waals surface area contributed by atoms with E-state index in [0.29, 0.717) is 12.8 Å². The Labute approximate surface area is 178 Å². The van der Waals surface area contributed by atoms with Crippen molar-refractivity contribution in [1.82, 2.24) is 4.31 Å². The van der Waals surface area contributed by atoms with Crippen molar-refractivity contribution in [2.45, 2.75) is 17.7 Å². The molecule has 2 aromatic carbocycles. The number of rotatable bonds is 6. The van der Waals surface area contributed by atoms with Crippen LogP contribution in [0.3, 0.4) is 0 Å². The summed E-state index contributed by atoms with van der Waals surface area (Å²) < 4.78 is 32.7. The molecular weight excluding hydrogens is 434 g/mol. The number of nitrogens with zero attached hydrogens (tertiary/aromatic N) is 2. The number of hydrogen-bond donors (Lipinski definition) is 1. The highest BCUT2D eigenvalue weighted by atomic mass is 35.5. The van der Waals surface area contributed by atoms with E-state index < -0.39 is 26.8 Å². The number of carbonyl (C=O) groups excluding carboxylic acids is 1. The van der Waals surface area contributed by atoms with Crippen LogP contribution in [0.2, 0.25) is 5.02 Å². The lowest BCUT2D eigenvalue weighted by atomic mass is 9.98. The molecule has 0 unspecified atom stereocenters. The molecule has 1 fully saturated rings. The molecule has 30 heavy (non-hydrogen) atoms. The van der Waals surface area contributed by atoms with Crippen LogP contribution >= 0.6 is 11.6 Å². The fraction of sp³-hybridized carbons (Fsp3) is 0.316. The van der Waals surface area contributed by atoms with Crippen molar-refractivity contribution in [3.8, 4) is 5.75 Å². The fourth-order valence-corrected chi connectivity index (χ4v) is 5.25. The second-order valence-corrected chi connectivity index (χ2v) is 9.14. The van der Waals surface area contributed by atoms with E-state index in [4.69, 9.17) is 16.3 Å². The van der Waals surface area contributed by atoms with Gasteiger partial charge >= 0.3 is 0 Å². The third-order valence-electron chi connectivity index (χ3n) is 4.82. The first-order valence-corrected chi connectivity index (χ1v) is 10.9. The predicted octanol–water partition coefficient (Wildman–Crippen LogP) is 3.30. The molecular formula is C19H20ClN3O6S. The number of halogens is 1. The van der Waals surface area contributed by atoms with Crippen molar-refractivity contribution in [2.24, 2.45) is 5.92 Å². The fourth-order valence-electron chi connectivity index (χ4n) is 3.31. The van der Waals surface area contributed by atoms with Gasteiger partial charge in [-0.3, -0.25) is 14.9 Å². The van der Waals surface area contributed by atoms with Gasteiger partial charge in [-0.25, -0.2) is 8.42 Å². The van der Waals surface area contributed by atoms with Crippen LogP contribution < -0.4 is 10.1 Å². The van der Waals surface area contributed by atoms with Crippen LogP contribution in [0.15, 0.2) is 47.4 Å². The molecule has 160 valence electrons. The number of nitrogens with one attached hydrogen (secondary N) is 1. The lowest BCUT2D eigenvalue weighted by molar-refractivity contribution is -0.384. The molecule has 3 rings (SSSR count). The molecule has 2 aromatic rings. The summed E-state index contributed by atoms with van der Waals surface area (Å²) in [5.74, 6) is -0.825. The van der Waals surface area contributed by atoms with E-state index in [-0.39, 0.29) is 40.1 Å². The molecule has 0 bridgehead atoms. The van der Waals surface area contributed by atoms with Gasteiger partial charge in [0, 0.05) is 35.9 Å². The topological polar surface area (TPSA) is 119 Å². The van der Waals surface area contributed by atoms with Gasteiger partial charge in [-0.1, -0.05) is 17.7 Å². The van der Waals surface area contributed by atoms with E-state index in [1.54, 1.807) is 6.07 Å². The van der Waals surface area contributed by atoms with E-state index in [0.717, 1.165) is 0 Å². The highest BCUT2D eigenvalue weighted by Crippen LogP contribution is 2.32. The van der Waals surface area contributed by atoms with Gasteiger partial charge in [-0.05, 0) is 37.1 Å². The van der Waals surface area contributed by atoms with Crippen molar-refractivity contribution in [3.05, 3.63) is 57.6 Å². The van der Waals surface area contributed by atoms with Crippen LogP contribution in [-0.2, 0) is 14.8 Å². The number of nitro benzene ring substituents is 1. The standard InChI is InChI=1S/C19H20ClN3O6S/c1-29-17-8-7-14(20)10-18(17)30(27,28)22-9-3-4-13(12-22)19(24)21-15-5-2-6-16(11-15)23(25)26/h2,5-8,10-11,13H,3-4,9,12H2,1H3,(H,21,24)/t13-/m0/s1. The predicted molar refractivity (Wildman–Crippen MR) is 111 cm³/mol. The third-order valence-corrected chi connectivity index (χ3v) is 6.94. The van der Waals surface area contributed by atoms with E-state index >= 15 is 0 Å². The molecule has 11 heteroatoms. The number of nitro groups is 1. The summed E-state index contributed by atoms with van der Waals surface area (Å²) in [6.07, 6.45) is 0.995. The highest BCUT2D eigenvalue weighted by molar-refractivity contribution is 7.89. The number of hydrogen-bond acceptors (Lipinski definition) is 6. The van der Waals surface area contributed by atoms with Crippen molar-refractivity contribution in [2.75, 3.05) is 25.5 Å². The zero-order valence-electron chi connectivity index (χ0n) is 16.1. The molecule has 0 aliphatic carbocycles. The first-order chi connectivity index (χ1) is 14.2. The maximum Gasteiger partial charge on any atom is 0.271 e. The summed E-state index contributed by atoms with van der Waals surface area (Å²) >= 11 is 5.97. The molecule has 1 aliphatic rings. The molecule has 1 amide bonds. The van der Waals surface area contributed by atoms with Crippen LogP contribution in [0.25, 0.3) is 0 Å². The van der Waals surface area contributed by atoms with E-state index in [9.17, 15) is 23.3 Å². The number of benzene rings is 2. The zero-order chi connectivity index (χ0) is 21.9. The lowest BCUT2D eigenvalue weighted by Gasteiger charge is -2.31. The zero-order valence-corrected chi connectivity index (χ0v) is 17.6. The third kappa shape index (κ3) is 4.72. The molecule has 0 saturated carbocycles. The average molecular weight is 454 g/mol.